The maximum atomic E-state index is 13.9. The Bertz CT molecular complexity index is 877. The van der Waals surface area contributed by atoms with Crippen molar-refractivity contribution in [3.63, 3.8) is 0 Å². The van der Waals surface area contributed by atoms with Crippen LogP contribution in [0.1, 0.15) is 23.6 Å². The first-order valence-corrected chi connectivity index (χ1v) is 8.35. The number of hydrogen-bond acceptors (Lipinski definition) is 1. The second-order valence-electron chi connectivity index (χ2n) is 5.88. The molecule has 0 bridgehead atoms. The molecule has 3 nitrogen and oxygen atoms in total. The predicted molar refractivity (Wildman–Crippen MR) is 98.4 cm³/mol. The van der Waals surface area contributed by atoms with Crippen LogP contribution in [0.2, 0.25) is 5.02 Å². The Kier molecular flexibility index (Phi) is 5.19. The van der Waals surface area contributed by atoms with E-state index in [2.05, 4.69) is 5.32 Å². The number of anilines is 1. The number of carbonyl (C=O) groups is 1. The number of carbonyl (C=O) groups excluding carboxylic acids is 1. The summed E-state index contributed by atoms with van der Waals surface area (Å²) >= 11 is 5.75. The van der Waals surface area contributed by atoms with Crippen LogP contribution in [0.25, 0.3) is 0 Å². The molecule has 128 valence electrons. The molecule has 0 aliphatic heterocycles. The maximum Gasteiger partial charge on any atom is 0.226 e. The summed E-state index contributed by atoms with van der Waals surface area (Å²) in [5, 5.41) is 2.93. The maximum absolute atomic E-state index is 13.9. The smallest absolute Gasteiger partial charge is 0.226 e. The molecule has 0 saturated heterocycles. The molecular formula is C20H18ClFN2O. The van der Waals surface area contributed by atoms with Crippen molar-refractivity contribution >= 4 is 23.2 Å². The van der Waals surface area contributed by atoms with Gasteiger partial charge in [0.15, 0.2) is 0 Å². The van der Waals surface area contributed by atoms with Gasteiger partial charge in [0.1, 0.15) is 5.82 Å². The number of hydrogen-bond donors (Lipinski definition) is 1. The highest BCUT2D eigenvalue weighted by atomic mass is 35.5. The third kappa shape index (κ3) is 4.09. The number of rotatable bonds is 5. The quantitative estimate of drug-likeness (QED) is 0.669. The molecule has 0 radical (unpaired) electrons. The Balaban J connectivity index is 1.83. The van der Waals surface area contributed by atoms with Crippen molar-refractivity contribution in [1.82, 2.24) is 4.57 Å². The molecule has 5 heteroatoms. The van der Waals surface area contributed by atoms with Crippen LogP contribution in [-0.2, 0) is 4.79 Å². The number of nitrogens with one attached hydrogen (secondary N) is 1. The van der Waals surface area contributed by atoms with Crippen LogP contribution in [0.3, 0.4) is 0 Å². The molecule has 0 unspecified atom stereocenters. The highest BCUT2D eigenvalue weighted by molar-refractivity contribution is 6.30. The largest absolute Gasteiger partial charge is 0.346 e. The van der Waals surface area contributed by atoms with Gasteiger partial charge in [-0.15, -0.1) is 0 Å². The summed E-state index contributed by atoms with van der Waals surface area (Å²) < 4.78 is 15.9. The standard InChI is InChI=1S/C20H18ClFN2O/c1-14-6-2-3-7-16(14)19(24-10-4-5-11-24)13-20(25)23-18-9-8-15(21)12-17(18)22/h2-12,19H,13H2,1H3,(H,23,25)/t19-/m0/s1. The van der Waals surface area contributed by atoms with Crippen molar-refractivity contribution in [2.45, 2.75) is 19.4 Å². The van der Waals surface area contributed by atoms with Gasteiger partial charge < -0.3 is 9.88 Å². The van der Waals surface area contributed by atoms with Gasteiger partial charge in [0.2, 0.25) is 5.91 Å². The van der Waals surface area contributed by atoms with Crippen molar-refractivity contribution in [2.75, 3.05) is 5.32 Å². The Hall–Kier alpha value is -2.59. The fourth-order valence-corrected chi connectivity index (χ4v) is 3.02. The first-order valence-electron chi connectivity index (χ1n) is 7.97. The lowest BCUT2D eigenvalue weighted by molar-refractivity contribution is -0.116. The molecule has 2 aromatic carbocycles. The van der Waals surface area contributed by atoms with E-state index in [0.717, 1.165) is 11.1 Å². The number of nitrogens with zero attached hydrogens (tertiary/aromatic N) is 1. The summed E-state index contributed by atoms with van der Waals surface area (Å²) in [5.41, 5.74) is 2.29. The SMILES string of the molecule is Cc1ccccc1[C@H](CC(=O)Nc1ccc(Cl)cc1F)n1cccc1. The van der Waals surface area contributed by atoms with Gasteiger partial charge in [0.25, 0.3) is 0 Å². The monoisotopic (exact) mass is 356 g/mol. The highest BCUT2D eigenvalue weighted by Gasteiger charge is 2.19. The third-order valence-corrected chi connectivity index (χ3v) is 4.35. The minimum absolute atomic E-state index is 0.130. The molecule has 3 rings (SSSR count). The number of benzene rings is 2. The number of halogens is 2. The van der Waals surface area contributed by atoms with Gasteiger partial charge in [0, 0.05) is 17.4 Å². The topological polar surface area (TPSA) is 34.0 Å². The van der Waals surface area contributed by atoms with Crippen LogP contribution >= 0.6 is 11.6 Å². The van der Waals surface area contributed by atoms with Gasteiger partial charge in [-0.3, -0.25) is 4.79 Å². The second-order valence-corrected chi connectivity index (χ2v) is 6.32. The average molecular weight is 357 g/mol. The van der Waals surface area contributed by atoms with E-state index in [-0.39, 0.29) is 24.1 Å². The van der Waals surface area contributed by atoms with Crippen LogP contribution in [-0.4, -0.2) is 10.5 Å². The number of aryl methyl sites for hydroxylation is 1. The van der Waals surface area contributed by atoms with E-state index < -0.39 is 5.82 Å². The van der Waals surface area contributed by atoms with Crippen LogP contribution in [0.15, 0.2) is 67.0 Å². The minimum atomic E-state index is -0.547. The Morgan fingerprint density at radius 1 is 1.16 bits per heavy atom. The molecule has 3 aromatic rings. The fourth-order valence-electron chi connectivity index (χ4n) is 2.86. The fraction of sp³-hybridized carbons (Fsp3) is 0.150. The first-order chi connectivity index (χ1) is 12.0. The molecule has 1 heterocycles. The molecule has 1 aromatic heterocycles. The molecule has 1 N–H and O–H groups in total. The molecule has 25 heavy (non-hydrogen) atoms. The van der Waals surface area contributed by atoms with Gasteiger partial charge >= 0.3 is 0 Å². The summed E-state index contributed by atoms with van der Waals surface area (Å²) in [4.78, 5) is 12.5. The molecule has 0 aliphatic rings. The zero-order valence-corrected chi connectivity index (χ0v) is 14.5. The van der Waals surface area contributed by atoms with Gasteiger partial charge in [-0.05, 0) is 48.4 Å². The van der Waals surface area contributed by atoms with E-state index in [1.807, 2.05) is 60.3 Å². The molecule has 1 atom stereocenters. The highest BCUT2D eigenvalue weighted by Crippen LogP contribution is 2.26. The van der Waals surface area contributed by atoms with Crippen molar-refractivity contribution in [1.29, 1.82) is 0 Å². The molecule has 1 amide bonds. The van der Waals surface area contributed by atoms with E-state index in [0.29, 0.717) is 5.02 Å². The second kappa shape index (κ2) is 7.53. The van der Waals surface area contributed by atoms with E-state index in [1.54, 1.807) is 6.07 Å². The lowest BCUT2D eigenvalue weighted by atomic mass is 9.98. The van der Waals surface area contributed by atoms with Crippen LogP contribution < -0.4 is 5.32 Å². The van der Waals surface area contributed by atoms with Gasteiger partial charge in [-0.2, -0.15) is 0 Å². The summed E-state index contributed by atoms with van der Waals surface area (Å²) in [5.74, 6) is -0.808. The molecule has 0 aliphatic carbocycles. The third-order valence-electron chi connectivity index (χ3n) is 4.12. The normalized spacial score (nSPS) is 12.0. The van der Waals surface area contributed by atoms with Crippen molar-refractivity contribution in [2.24, 2.45) is 0 Å². The zero-order valence-electron chi connectivity index (χ0n) is 13.7. The predicted octanol–water partition coefficient (Wildman–Crippen LogP) is 5.21. The van der Waals surface area contributed by atoms with Crippen molar-refractivity contribution in [3.8, 4) is 0 Å². The number of amides is 1. The lowest BCUT2D eigenvalue weighted by Crippen LogP contribution is -2.20. The summed E-state index contributed by atoms with van der Waals surface area (Å²) in [6.45, 7) is 2.02. The summed E-state index contributed by atoms with van der Waals surface area (Å²) in [7, 11) is 0. The van der Waals surface area contributed by atoms with Crippen LogP contribution in [0.5, 0.6) is 0 Å². The molecule has 0 saturated carbocycles. The van der Waals surface area contributed by atoms with Crippen LogP contribution in [0, 0.1) is 12.7 Å². The van der Waals surface area contributed by atoms with Crippen LogP contribution in [0.4, 0.5) is 10.1 Å². The van der Waals surface area contributed by atoms with E-state index >= 15 is 0 Å². The van der Waals surface area contributed by atoms with Gasteiger partial charge in [-0.1, -0.05) is 35.9 Å². The van der Waals surface area contributed by atoms with Crippen molar-refractivity contribution < 1.29 is 9.18 Å². The van der Waals surface area contributed by atoms with E-state index in [1.165, 1.54) is 12.1 Å². The minimum Gasteiger partial charge on any atom is -0.346 e. The summed E-state index contributed by atoms with van der Waals surface area (Å²) in [6.07, 6.45) is 4.04. The summed E-state index contributed by atoms with van der Waals surface area (Å²) in [6, 6.07) is 15.8. The zero-order chi connectivity index (χ0) is 17.8. The van der Waals surface area contributed by atoms with E-state index in [4.69, 9.17) is 11.6 Å². The Morgan fingerprint density at radius 2 is 1.88 bits per heavy atom. The molecular weight excluding hydrogens is 339 g/mol. The Morgan fingerprint density at radius 3 is 2.56 bits per heavy atom. The van der Waals surface area contributed by atoms with E-state index in [9.17, 15) is 9.18 Å². The molecule has 0 fully saturated rings. The van der Waals surface area contributed by atoms with Crippen molar-refractivity contribution in [3.05, 3.63) is 89.0 Å². The number of aromatic nitrogens is 1. The lowest BCUT2D eigenvalue weighted by Gasteiger charge is -2.21. The molecule has 0 spiro atoms. The Labute approximate surface area is 151 Å². The first kappa shape index (κ1) is 17.2. The van der Waals surface area contributed by atoms with Gasteiger partial charge in [0.05, 0.1) is 18.2 Å². The van der Waals surface area contributed by atoms with Gasteiger partial charge in [-0.25, -0.2) is 4.39 Å². The average Bonchev–Trinajstić information content (AvgIpc) is 3.10.